The van der Waals surface area contributed by atoms with E-state index in [0.29, 0.717) is 5.56 Å². The van der Waals surface area contributed by atoms with Gasteiger partial charge in [-0.05, 0) is 30.5 Å². The van der Waals surface area contributed by atoms with E-state index in [-0.39, 0.29) is 36.8 Å². The van der Waals surface area contributed by atoms with Crippen molar-refractivity contribution in [1.82, 2.24) is 5.32 Å². The highest BCUT2D eigenvalue weighted by atomic mass is 35.5. The van der Waals surface area contributed by atoms with Crippen molar-refractivity contribution < 1.29 is 18.0 Å². The van der Waals surface area contributed by atoms with E-state index in [9.17, 15) is 18.0 Å². The quantitative estimate of drug-likeness (QED) is 0.899. The molecule has 2 atom stereocenters. The molecule has 1 aliphatic rings. The van der Waals surface area contributed by atoms with Crippen LogP contribution in [0.25, 0.3) is 0 Å². The van der Waals surface area contributed by atoms with Crippen molar-refractivity contribution >= 4 is 18.3 Å². The van der Waals surface area contributed by atoms with Crippen LogP contribution in [0.4, 0.5) is 13.2 Å². The summed E-state index contributed by atoms with van der Waals surface area (Å²) in [5, 5.41) is 2.73. The number of hydrogen-bond acceptors (Lipinski definition) is 2. The summed E-state index contributed by atoms with van der Waals surface area (Å²) in [4.78, 5) is 11.9. The lowest BCUT2D eigenvalue weighted by molar-refractivity contribution is -0.137. The Morgan fingerprint density at radius 3 is 2.33 bits per heavy atom. The first-order chi connectivity index (χ1) is 9.38. The average molecular weight is 323 g/mol. The molecular formula is C14H18ClF3N2O. The number of halogens is 4. The summed E-state index contributed by atoms with van der Waals surface area (Å²) < 4.78 is 37.2. The first-order valence-corrected chi connectivity index (χ1v) is 6.57. The summed E-state index contributed by atoms with van der Waals surface area (Å²) in [5.74, 6) is -0.292. The van der Waals surface area contributed by atoms with Crippen LogP contribution >= 0.6 is 12.4 Å². The zero-order valence-corrected chi connectivity index (χ0v) is 12.1. The number of benzene rings is 1. The number of carbonyl (C=O) groups excluding carboxylic acids is 1. The van der Waals surface area contributed by atoms with E-state index < -0.39 is 11.7 Å². The number of nitrogens with one attached hydrogen (secondary N) is 1. The van der Waals surface area contributed by atoms with E-state index in [0.717, 1.165) is 31.4 Å². The Kier molecular flexibility index (Phi) is 6.04. The van der Waals surface area contributed by atoms with Gasteiger partial charge in [-0.3, -0.25) is 4.79 Å². The maximum atomic E-state index is 12.4. The van der Waals surface area contributed by atoms with E-state index in [1.165, 1.54) is 12.1 Å². The molecule has 0 radical (unpaired) electrons. The molecule has 0 saturated heterocycles. The molecule has 2 rings (SSSR count). The molecule has 1 fully saturated rings. The van der Waals surface area contributed by atoms with Gasteiger partial charge in [-0.1, -0.05) is 18.6 Å². The van der Waals surface area contributed by atoms with Crippen LogP contribution in [0.1, 0.15) is 30.4 Å². The van der Waals surface area contributed by atoms with Gasteiger partial charge in [-0.25, -0.2) is 0 Å². The second-order valence-corrected chi connectivity index (χ2v) is 5.11. The van der Waals surface area contributed by atoms with Gasteiger partial charge >= 0.3 is 6.18 Å². The largest absolute Gasteiger partial charge is 0.416 e. The highest BCUT2D eigenvalue weighted by Crippen LogP contribution is 2.29. The van der Waals surface area contributed by atoms with Gasteiger partial charge < -0.3 is 11.1 Å². The van der Waals surface area contributed by atoms with Crippen molar-refractivity contribution in [2.75, 3.05) is 0 Å². The number of carbonyl (C=O) groups is 1. The van der Waals surface area contributed by atoms with Crippen LogP contribution < -0.4 is 11.1 Å². The molecular weight excluding hydrogens is 305 g/mol. The summed E-state index contributed by atoms with van der Waals surface area (Å²) >= 11 is 0. The molecule has 1 aromatic carbocycles. The first kappa shape index (κ1) is 17.8. The molecule has 0 aromatic heterocycles. The maximum absolute atomic E-state index is 12.4. The minimum absolute atomic E-state index is 0. The van der Waals surface area contributed by atoms with Crippen LogP contribution in [0.15, 0.2) is 24.3 Å². The van der Waals surface area contributed by atoms with Crippen molar-refractivity contribution in [2.24, 2.45) is 11.7 Å². The Morgan fingerprint density at radius 2 is 1.86 bits per heavy atom. The number of amides is 1. The van der Waals surface area contributed by atoms with Gasteiger partial charge in [0.05, 0.1) is 11.5 Å². The van der Waals surface area contributed by atoms with Crippen molar-refractivity contribution in [3.05, 3.63) is 35.4 Å². The summed E-state index contributed by atoms with van der Waals surface area (Å²) in [5.41, 5.74) is 5.78. The third kappa shape index (κ3) is 4.61. The standard InChI is InChI=1S/C14H17F3N2O.ClH/c15-14(16,17)10-6-4-9(5-7-10)8-19-13(20)11-2-1-3-12(11)18;/h4-7,11-12H,1-3,8,18H2,(H,19,20);1H. The van der Waals surface area contributed by atoms with E-state index >= 15 is 0 Å². The molecule has 2 unspecified atom stereocenters. The second kappa shape index (κ2) is 7.13. The fourth-order valence-corrected chi connectivity index (χ4v) is 2.45. The van der Waals surface area contributed by atoms with E-state index in [1.807, 2.05) is 0 Å². The molecule has 3 N–H and O–H groups in total. The second-order valence-electron chi connectivity index (χ2n) is 5.11. The van der Waals surface area contributed by atoms with Gasteiger partial charge in [-0.15, -0.1) is 12.4 Å². The molecule has 1 saturated carbocycles. The lowest BCUT2D eigenvalue weighted by Crippen LogP contribution is -2.38. The number of rotatable bonds is 3. The summed E-state index contributed by atoms with van der Waals surface area (Å²) in [6.45, 7) is 0.222. The lowest BCUT2D eigenvalue weighted by atomic mass is 10.0. The monoisotopic (exact) mass is 322 g/mol. The average Bonchev–Trinajstić information content (AvgIpc) is 2.82. The number of nitrogens with two attached hydrogens (primary N) is 1. The summed E-state index contributed by atoms with van der Waals surface area (Å²) in [6.07, 6.45) is -1.77. The van der Waals surface area contributed by atoms with Crippen LogP contribution in [0.5, 0.6) is 0 Å². The minimum Gasteiger partial charge on any atom is -0.352 e. The maximum Gasteiger partial charge on any atom is 0.416 e. The molecule has 1 aliphatic carbocycles. The Labute approximate surface area is 127 Å². The van der Waals surface area contributed by atoms with E-state index in [2.05, 4.69) is 5.32 Å². The molecule has 0 heterocycles. The molecule has 1 aromatic rings. The van der Waals surface area contributed by atoms with E-state index in [1.54, 1.807) is 0 Å². The van der Waals surface area contributed by atoms with Crippen LogP contribution in [-0.2, 0) is 17.5 Å². The molecule has 0 spiro atoms. The van der Waals surface area contributed by atoms with Gasteiger partial charge in [-0.2, -0.15) is 13.2 Å². The van der Waals surface area contributed by atoms with Gasteiger partial charge in [0.2, 0.25) is 5.91 Å². The highest BCUT2D eigenvalue weighted by Gasteiger charge is 2.31. The fraction of sp³-hybridized carbons (Fsp3) is 0.500. The molecule has 0 aliphatic heterocycles. The predicted molar refractivity (Wildman–Crippen MR) is 75.9 cm³/mol. The SMILES string of the molecule is Cl.NC1CCCC1C(=O)NCc1ccc(C(F)(F)F)cc1. The van der Waals surface area contributed by atoms with Gasteiger partial charge in [0.1, 0.15) is 0 Å². The smallest absolute Gasteiger partial charge is 0.352 e. The van der Waals surface area contributed by atoms with Gasteiger partial charge in [0.15, 0.2) is 0 Å². The van der Waals surface area contributed by atoms with Crippen molar-refractivity contribution in [3.63, 3.8) is 0 Å². The summed E-state index contributed by atoms with van der Waals surface area (Å²) in [6, 6.07) is 4.67. The molecule has 118 valence electrons. The summed E-state index contributed by atoms with van der Waals surface area (Å²) in [7, 11) is 0. The third-order valence-electron chi connectivity index (χ3n) is 3.65. The van der Waals surface area contributed by atoms with Gasteiger partial charge in [0, 0.05) is 12.6 Å². The number of hydrogen-bond donors (Lipinski definition) is 2. The van der Waals surface area contributed by atoms with Crippen LogP contribution in [0.3, 0.4) is 0 Å². The van der Waals surface area contributed by atoms with Crippen LogP contribution in [-0.4, -0.2) is 11.9 Å². The fourth-order valence-electron chi connectivity index (χ4n) is 2.45. The lowest BCUT2D eigenvalue weighted by Gasteiger charge is -2.15. The Morgan fingerprint density at radius 1 is 1.24 bits per heavy atom. The van der Waals surface area contributed by atoms with Crippen molar-refractivity contribution in [3.8, 4) is 0 Å². The minimum atomic E-state index is -4.33. The topological polar surface area (TPSA) is 55.1 Å². The van der Waals surface area contributed by atoms with Crippen LogP contribution in [0, 0.1) is 5.92 Å². The molecule has 21 heavy (non-hydrogen) atoms. The Hall–Kier alpha value is -1.27. The third-order valence-corrected chi connectivity index (χ3v) is 3.65. The molecule has 3 nitrogen and oxygen atoms in total. The van der Waals surface area contributed by atoms with Crippen molar-refractivity contribution in [2.45, 2.75) is 38.0 Å². The zero-order valence-electron chi connectivity index (χ0n) is 11.3. The normalized spacial score (nSPS) is 21.7. The van der Waals surface area contributed by atoms with Crippen molar-refractivity contribution in [1.29, 1.82) is 0 Å². The highest BCUT2D eigenvalue weighted by molar-refractivity contribution is 5.85. The predicted octanol–water partition coefficient (Wildman–Crippen LogP) is 2.87. The zero-order chi connectivity index (χ0) is 14.8. The molecule has 7 heteroatoms. The molecule has 1 amide bonds. The first-order valence-electron chi connectivity index (χ1n) is 6.57. The Balaban J connectivity index is 0.00000220. The van der Waals surface area contributed by atoms with Crippen LogP contribution in [0.2, 0.25) is 0 Å². The molecule has 0 bridgehead atoms. The van der Waals surface area contributed by atoms with Gasteiger partial charge in [0.25, 0.3) is 0 Å². The Bertz CT molecular complexity index is 476. The van der Waals surface area contributed by atoms with E-state index in [4.69, 9.17) is 5.73 Å². The number of alkyl halides is 3.